The van der Waals surface area contributed by atoms with Crippen LogP contribution in [0, 0.1) is 13.8 Å². The first kappa shape index (κ1) is 18.3. The molecule has 0 bridgehead atoms. The Morgan fingerprint density at radius 3 is 2.24 bits per heavy atom. The molecular formula is C19H22N2O4. The van der Waals surface area contributed by atoms with Crippen LogP contribution in [0.15, 0.2) is 36.4 Å². The van der Waals surface area contributed by atoms with Crippen molar-refractivity contribution in [2.24, 2.45) is 0 Å². The molecule has 2 rings (SSSR count). The molecule has 6 heteroatoms. The minimum absolute atomic E-state index is 0.290. The molecule has 0 spiro atoms. The number of methoxy groups -OCH3 is 2. The van der Waals surface area contributed by atoms with Gasteiger partial charge in [-0.05, 0) is 49.2 Å². The molecule has 2 aromatic carbocycles. The molecule has 0 heterocycles. The smallest absolute Gasteiger partial charge is 0.233 e. The number of nitrogens with one attached hydrogen (secondary N) is 2. The van der Waals surface area contributed by atoms with E-state index in [0.29, 0.717) is 22.9 Å². The molecule has 25 heavy (non-hydrogen) atoms. The van der Waals surface area contributed by atoms with Gasteiger partial charge in [0.2, 0.25) is 11.8 Å². The zero-order valence-corrected chi connectivity index (χ0v) is 14.8. The molecule has 0 aliphatic heterocycles. The Kier molecular flexibility index (Phi) is 6.00. The van der Waals surface area contributed by atoms with Gasteiger partial charge in [0.25, 0.3) is 0 Å². The summed E-state index contributed by atoms with van der Waals surface area (Å²) in [5, 5.41) is 5.39. The van der Waals surface area contributed by atoms with Gasteiger partial charge in [-0.2, -0.15) is 0 Å². The number of carbonyl (C=O) groups is 2. The average Bonchev–Trinajstić information content (AvgIpc) is 2.58. The lowest BCUT2D eigenvalue weighted by atomic mass is 10.1. The highest BCUT2D eigenvalue weighted by Crippen LogP contribution is 2.29. The van der Waals surface area contributed by atoms with Gasteiger partial charge < -0.3 is 20.1 Å². The molecule has 0 saturated carbocycles. The monoisotopic (exact) mass is 342 g/mol. The third-order valence-electron chi connectivity index (χ3n) is 3.79. The fraction of sp³-hybridized carbons (Fsp3) is 0.263. The minimum Gasteiger partial charge on any atom is -0.497 e. The standard InChI is InChI=1S/C19H22N2O4/c1-12-5-6-14(9-13(12)2)20-18(22)11-19(23)21-16-8-7-15(24-3)10-17(16)25-4/h5-10H,11H2,1-4H3,(H,20,22)(H,21,23). The largest absolute Gasteiger partial charge is 0.497 e. The van der Waals surface area contributed by atoms with Crippen LogP contribution < -0.4 is 20.1 Å². The molecule has 0 atom stereocenters. The first-order valence-corrected chi connectivity index (χ1v) is 7.82. The van der Waals surface area contributed by atoms with Crippen molar-refractivity contribution < 1.29 is 19.1 Å². The fourth-order valence-corrected chi connectivity index (χ4v) is 2.27. The topological polar surface area (TPSA) is 76.7 Å². The van der Waals surface area contributed by atoms with Crippen LogP contribution in [0.1, 0.15) is 17.5 Å². The molecule has 0 unspecified atom stereocenters. The molecule has 6 nitrogen and oxygen atoms in total. The van der Waals surface area contributed by atoms with E-state index < -0.39 is 5.91 Å². The molecule has 0 aliphatic carbocycles. The van der Waals surface area contributed by atoms with Crippen LogP contribution in [0.4, 0.5) is 11.4 Å². The van der Waals surface area contributed by atoms with Crippen molar-refractivity contribution >= 4 is 23.2 Å². The summed E-state index contributed by atoms with van der Waals surface area (Å²) in [5.74, 6) is 0.266. The van der Waals surface area contributed by atoms with Crippen molar-refractivity contribution in [3.8, 4) is 11.5 Å². The minimum atomic E-state index is -0.426. The lowest BCUT2D eigenvalue weighted by Gasteiger charge is -2.12. The second kappa shape index (κ2) is 8.19. The number of rotatable bonds is 6. The SMILES string of the molecule is COc1ccc(NC(=O)CC(=O)Nc2ccc(C)c(C)c2)c(OC)c1. The summed E-state index contributed by atoms with van der Waals surface area (Å²) in [6.07, 6.45) is -0.290. The number of aryl methyl sites for hydroxylation is 2. The summed E-state index contributed by atoms with van der Waals surface area (Å²) >= 11 is 0. The van der Waals surface area contributed by atoms with E-state index in [2.05, 4.69) is 10.6 Å². The van der Waals surface area contributed by atoms with Crippen LogP contribution in [0.3, 0.4) is 0 Å². The number of hydrogen-bond donors (Lipinski definition) is 2. The number of amides is 2. The Labute approximate surface area is 147 Å². The van der Waals surface area contributed by atoms with Gasteiger partial charge in [0.05, 0.1) is 19.9 Å². The third kappa shape index (κ3) is 4.97. The summed E-state index contributed by atoms with van der Waals surface area (Å²) in [7, 11) is 3.04. The van der Waals surface area contributed by atoms with Crippen LogP contribution in [-0.2, 0) is 9.59 Å². The first-order valence-electron chi connectivity index (χ1n) is 7.82. The fourth-order valence-electron chi connectivity index (χ4n) is 2.27. The summed E-state index contributed by atoms with van der Waals surface area (Å²) in [4.78, 5) is 24.1. The maximum Gasteiger partial charge on any atom is 0.233 e. The van der Waals surface area contributed by atoms with Gasteiger partial charge in [0.15, 0.2) is 0 Å². The van der Waals surface area contributed by atoms with Gasteiger partial charge in [0, 0.05) is 11.8 Å². The van der Waals surface area contributed by atoms with Crippen molar-refractivity contribution in [3.05, 3.63) is 47.5 Å². The molecule has 0 fully saturated rings. The van der Waals surface area contributed by atoms with Crippen LogP contribution in [-0.4, -0.2) is 26.0 Å². The van der Waals surface area contributed by atoms with Crippen molar-refractivity contribution in [1.29, 1.82) is 0 Å². The van der Waals surface area contributed by atoms with Crippen molar-refractivity contribution in [2.75, 3.05) is 24.9 Å². The molecule has 0 aliphatic rings. The van der Waals surface area contributed by atoms with E-state index in [-0.39, 0.29) is 12.3 Å². The Morgan fingerprint density at radius 1 is 0.880 bits per heavy atom. The predicted octanol–water partition coefficient (Wildman–Crippen LogP) is 3.29. The molecular weight excluding hydrogens is 320 g/mol. The number of anilines is 2. The third-order valence-corrected chi connectivity index (χ3v) is 3.79. The number of hydrogen-bond acceptors (Lipinski definition) is 4. The van der Waals surface area contributed by atoms with Gasteiger partial charge in [-0.3, -0.25) is 9.59 Å². The maximum atomic E-state index is 12.1. The van der Waals surface area contributed by atoms with E-state index in [4.69, 9.17) is 9.47 Å². The summed E-state index contributed by atoms with van der Waals surface area (Å²) in [5.41, 5.74) is 3.36. The van der Waals surface area contributed by atoms with Crippen molar-refractivity contribution in [3.63, 3.8) is 0 Å². The highest BCUT2D eigenvalue weighted by atomic mass is 16.5. The molecule has 0 saturated heterocycles. The maximum absolute atomic E-state index is 12.1. The highest BCUT2D eigenvalue weighted by Gasteiger charge is 2.13. The zero-order valence-electron chi connectivity index (χ0n) is 14.8. The summed E-state index contributed by atoms with van der Waals surface area (Å²) < 4.78 is 10.3. The van der Waals surface area contributed by atoms with Crippen molar-refractivity contribution in [2.45, 2.75) is 20.3 Å². The van der Waals surface area contributed by atoms with Gasteiger partial charge in [-0.25, -0.2) is 0 Å². The Hall–Kier alpha value is -3.02. The van der Waals surface area contributed by atoms with E-state index in [1.54, 1.807) is 25.3 Å². The molecule has 2 amide bonds. The number of ether oxygens (including phenoxy) is 2. The Balaban J connectivity index is 1.97. The van der Waals surface area contributed by atoms with Gasteiger partial charge in [-0.15, -0.1) is 0 Å². The highest BCUT2D eigenvalue weighted by molar-refractivity contribution is 6.08. The second-order valence-electron chi connectivity index (χ2n) is 5.64. The van der Waals surface area contributed by atoms with E-state index in [0.717, 1.165) is 11.1 Å². The molecule has 2 aromatic rings. The van der Waals surface area contributed by atoms with E-state index in [9.17, 15) is 9.59 Å². The van der Waals surface area contributed by atoms with Crippen molar-refractivity contribution in [1.82, 2.24) is 0 Å². The Morgan fingerprint density at radius 2 is 1.60 bits per heavy atom. The predicted molar refractivity (Wildman–Crippen MR) is 97.3 cm³/mol. The molecule has 0 radical (unpaired) electrons. The van der Waals surface area contributed by atoms with Crippen LogP contribution >= 0.6 is 0 Å². The second-order valence-corrected chi connectivity index (χ2v) is 5.64. The number of carbonyl (C=O) groups excluding carboxylic acids is 2. The van der Waals surface area contributed by atoms with Gasteiger partial charge in [0.1, 0.15) is 17.9 Å². The lowest BCUT2D eigenvalue weighted by molar-refractivity contribution is -0.123. The van der Waals surface area contributed by atoms with Crippen LogP contribution in [0.2, 0.25) is 0 Å². The first-order chi connectivity index (χ1) is 11.9. The lowest BCUT2D eigenvalue weighted by Crippen LogP contribution is -2.21. The van der Waals surface area contributed by atoms with E-state index in [1.807, 2.05) is 32.0 Å². The average molecular weight is 342 g/mol. The van der Waals surface area contributed by atoms with E-state index in [1.165, 1.54) is 7.11 Å². The van der Waals surface area contributed by atoms with Crippen LogP contribution in [0.25, 0.3) is 0 Å². The molecule has 0 aromatic heterocycles. The molecule has 132 valence electrons. The Bertz CT molecular complexity index is 787. The van der Waals surface area contributed by atoms with Crippen LogP contribution in [0.5, 0.6) is 11.5 Å². The van der Waals surface area contributed by atoms with Gasteiger partial charge >= 0.3 is 0 Å². The normalized spacial score (nSPS) is 10.1. The zero-order chi connectivity index (χ0) is 18.4. The summed E-state index contributed by atoms with van der Waals surface area (Å²) in [6, 6.07) is 10.6. The quantitative estimate of drug-likeness (QED) is 0.790. The molecule has 2 N–H and O–H groups in total. The van der Waals surface area contributed by atoms with Gasteiger partial charge in [-0.1, -0.05) is 6.07 Å². The van der Waals surface area contributed by atoms with E-state index >= 15 is 0 Å². The number of benzene rings is 2. The summed E-state index contributed by atoms with van der Waals surface area (Å²) in [6.45, 7) is 3.96.